The van der Waals surface area contributed by atoms with Gasteiger partial charge in [-0.1, -0.05) is 6.92 Å². The molecule has 0 aliphatic carbocycles. The topological polar surface area (TPSA) is 75.7 Å². The van der Waals surface area contributed by atoms with Crippen LogP contribution >= 0.6 is 11.8 Å². The molecule has 1 unspecified atom stereocenters. The van der Waals surface area contributed by atoms with Crippen LogP contribution in [0.5, 0.6) is 0 Å². The Balaban J connectivity index is 3.43. The summed E-state index contributed by atoms with van der Waals surface area (Å²) < 4.78 is 0. The van der Waals surface area contributed by atoms with Gasteiger partial charge in [0.15, 0.2) is 0 Å². The fourth-order valence-electron chi connectivity index (χ4n) is 0.433. The van der Waals surface area contributed by atoms with E-state index in [2.05, 4.69) is 5.10 Å². The highest BCUT2D eigenvalue weighted by Gasteiger charge is 2.05. The maximum atomic E-state index is 10.1. The van der Waals surface area contributed by atoms with E-state index in [9.17, 15) is 4.79 Å². The van der Waals surface area contributed by atoms with Gasteiger partial charge in [-0.05, 0) is 0 Å². The number of carboxylic acid groups (broad SMARTS) is 1. The Hall–Kier alpha value is -0.710. The fourth-order valence-corrected chi connectivity index (χ4v) is 0.950. The number of nitrogens with zero attached hydrogens (tertiary/aromatic N) is 1. The molecule has 5 heteroatoms. The molecule has 0 amide bonds. The summed E-state index contributed by atoms with van der Waals surface area (Å²) in [5.41, 5.74) is 1.44. The molecule has 0 aromatic carbocycles. The molecule has 0 fully saturated rings. The lowest BCUT2D eigenvalue weighted by Gasteiger charge is -2.01. The summed E-state index contributed by atoms with van der Waals surface area (Å²) in [5, 5.41) is 11.6. The molecule has 0 spiro atoms. The van der Waals surface area contributed by atoms with Gasteiger partial charge in [-0.15, -0.1) is 11.8 Å². The molecule has 0 aliphatic heterocycles. The van der Waals surface area contributed by atoms with E-state index in [0.29, 0.717) is 0 Å². The molecule has 0 aromatic heterocycles. The Morgan fingerprint density at radius 2 is 2.60 bits per heavy atom. The first kappa shape index (κ1) is 9.29. The van der Waals surface area contributed by atoms with Crippen molar-refractivity contribution < 1.29 is 9.90 Å². The summed E-state index contributed by atoms with van der Waals surface area (Å²) in [6.45, 7) is 1.81. The minimum Gasteiger partial charge on any atom is -0.481 e. The van der Waals surface area contributed by atoms with Gasteiger partial charge < -0.3 is 10.9 Å². The van der Waals surface area contributed by atoms with E-state index < -0.39 is 5.97 Å². The van der Waals surface area contributed by atoms with E-state index in [1.165, 1.54) is 17.3 Å². The van der Waals surface area contributed by atoms with Gasteiger partial charge in [-0.25, -0.2) is 0 Å². The van der Waals surface area contributed by atoms with E-state index in [4.69, 9.17) is 10.9 Å². The summed E-state index contributed by atoms with van der Waals surface area (Å²) in [6, 6.07) is 0. The highest BCUT2D eigenvalue weighted by atomic mass is 32.2. The van der Waals surface area contributed by atoms with Gasteiger partial charge in [0.2, 0.25) is 0 Å². The van der Waals surface area contributed by atoms with Gasteiger partial charge in [0.25, 0.3) is 0 Å². The van der Waals surface area contributed by atoms with Crippen molar-refractivity contribution in [1.29, 1.82) is 0 Å². The molecule has 3 N–H and O–H groups in total. The van der Waals surface area contributed by atoms with Gasteiger partial charge in [-0.2, -0.15) is 5.10 Å². The number of hydrazone groups is 1. The van der Waals surface area contributed by atoms with Crippen molar-refractivity contribution >= 4 is 23.3 Å². The fraction of sp³-hybridized carbons (Fsp3) is 0.600. The van der Waals surface area contributed by atoms with Crippen LogP contribution in [0.25, 0.3) is 0 Å². The van der Waals surface area contributed by atoms with Crippen molar-refractivity contribution in [3.05, 3.63) is 0 Å². The normalized spacial score (nSPS) is 13.7. The predicted molar refractivity (Wildman–Crippen MR) is 42.0 cm³/mol. The average Bonchev–Trinajstić information content (AvgIpc) is 1.82. The molecular formula is C5H10N2O2S. The van der Waals surface area contributed by atoms with Crippen LogP contribution < -0.4 is 5.84 Å². The van der Waals surface area contributed by atoms with Gasteiger partial charge in [-0.3, -0.25) is 4.79 Å². The van der Waals surface area contributed by atoms with E-state index in [1.54, 1.807) is 6.92 Å². The molecule has 0 radical (unpaired) electrons. The van der Waals surface area contributed by atoms with E-state index in [1.807, 2.05) is 0 Å². The molecule has 0 aliphatic rings. The minimum atomic E-state index is -0.801. The average molecular weight is 162 g/mol. The van der Waals surface area contributed by atoms with Crippen LogP contribution in [0.1, 0.15) is 13.3 Å². The Kier molecular flexibility index (Phi) is 4.74. The third kappa shape index (κ3) is 5.43. The lowest BCUT2D eigenvalue weighted by molar-refractivity contribution is -0.136. The van der Waals surface area contributed by atoms with Crippen LogP contribution in [0.15, 0.2) is 5.10 Å². The third-order valence-corrected chi connectivity index (χ3v) is 1.69. The van der Waals surface area contributed by atoms with Crippen LogP contribution in [0.2, 0.25) is 0 Å². The molecular weight excluding hydrogens is 152 g/mol. The Labute approximate surface area is 63.5 Å². The summed E-state index contributed by atoms with van der Waals surface area (Å²) in [4.78, 5) is 10.1. The summed E-state index contributed by atoms with van der Waals surface area (Å²) in [5.74, 6) is 4.01. The first-order valence-electron chi connectivity index (χ1n) is 2.75. The number of nitrogens with two attached hydrogens (primary N) is 1. The Morgan fingerprint density at radius 3 is 3.00 bits per heavy atom. The predicted octanol–water partition coefficient (Wildman–Crippen LogP) is 0.485. The molecule has 0 saturated carbocycles. The summed E-state index contributed by atoms with van der Waals surface area (Å²) >= 11 is 1.31. The monoisotopic (exact) mass is 162 g/mol. The number of hydrogen-bond acceptors (Lipinski definition) is 4. The van der Waals surface area contributed by atoms with Crippen molar-refractivity contribution in [3.63, 3.8) is 0 Å². The van der Waals surface area contributed by atoms with Crippen molar-refractivity contribution in [3.8, 4) is 0 Å². The number of thioether (sulfide) groups is 1. The van der Waals surface area contributed by atoms with Crippen molar-refractivity contribution in [2.24, 2.45) is 10.9 Å². The summed E-state index contributed by atoms with van der Waals surface area (Å²) in [7, 11) is 0. The van der Waals surface area contributed by atoms with Gasteiger partial charge in [0.1, 0.15) is 0 Å². The maximum absolute atomic E-state index is 10.1. The quantitative estimate of drug-likeness (QED) is 0.273. The molecule has 1 atom stereocenters. The minimum absolute atomic E-state index is 0.0322. The highest BCUT2D eigenvalue weighted by molar-refractivity contribution is 8.12. The molecule has 0 heterocycles. The SMILES string of the molecule is CC(CC(=O)O)SC=NN. The molecule has 0 rings (SSSR count). The number of aliphatic carboxylic acids is 1. The lowest BCUT2D eigenvalue weighted by atomic mass is 10.3. The molecule has 4 nitrogen and oxygen atoms in total. The van der Waals surface area contributed by atoms with E-state index >= 15 is 0 Å². The van der Waals surface area contributed by atoms with E-state index in [0.717, 1.165) is 0 Å². The van der Waals surface area contributed by atoms with Crippen LogP contribution in [0.3, 0.4) is 0 Å². The highest BCUT2D eigenvalue weighted by Crippen LogP contribution is 2.09. The van der Waals surface area contributed by atoms with Gasteiger partial charge in [0, 0.05) is 5.25 Å². The molecule has 0 bridgehead atoms. The van der Waals surface area contributed by atoms with Crippen LogP contribution in [-0.2, 0) is 4.79 Å². The second-order valence-electron chi connectivity index (χ2n) is 1.80. The second kappa shape index (κ2) is 5.10. The van der Waals surface area contributed by atoms with Crippen molar-refractivity contribution in [2.45, 2.75) is 18.6 Å². The third-order valence-electron chi connectivity index (χ3n) is 0.816. The zero-order valence-electron chi connectivity index (χ0n) is 5.65. The zero-order valence-corrected chi connectivity index (χ0v) is 6.47. The first-order valence-corrected chi connectivity index (χ1v) is 3.70. The molecule has 58 valence electrons. The van der Waals surface area contributed by atoms with Gasteiger partial charge in [0.05, 0.1) is 12.0 Å². The number of carboxylic acids is 1. The molecule has 10 heavy (non-hydrogen) atoms. The Bertz CT molecular complexity index is 138. The second-order valence-corrected chi connectivity index (χ2v) is 3.09. The van der Waals surface area contributed by atoms with Crippen LogP contribution in [0.4, 0.5) is 0 Å². The number of hydrogen-bond donors (Lipinski definition) is 2. The number of carbonyl (C=O) groups is 1. The van der Waals surface area contributed by atoms with Crippen LogP contribution in [-0.4, -0.2) is 21.9 Å². The molecule has 0 saturated heterocycles. The maximum Gasteiger partial charge on any atom is 0.304 e. The Morgan fingerprint density at radius 1 is 2.00 bits per heavy atom. The summed E-state index contributed by atoms with van der Waals surface area (Å²) in [6.07, 6.45) is 0.136. The zero-order chi connectivity index (χ0) is 7.98. The lowest BCUT2D eigenvalue weighted by Crippen LogP contribution is -2.05. The van der Waals surface area contributed by atoms with Crippen molar-refractivity contribution in [1.82, 2.24) is 0 Å². The van der Waals surface area contributed by atoms with Gasteiger partial charge >= 0.3 is 5.97 Å². The smallest absolute Gasteiger partial charge is 0.304 e. The van der Waals surface area contributed by atoms with E-state index in [-0.39, 0.29) is 11.7 Å². The van der Waals surface area contributed by atoms with Crippen molar-refractivity contribution in [2.75, 3.05) is 0 Å². The standard InChI is InChI=1S/C5H10N2O2S/c1-4(2-5(8)9)10-3-7-6/h3-4H,2,6H2,1H3,(H,8,9). The van der Waals surface area contributed by atoms with Crippen LogP contribution in [0, 0.1) is 0 Å². The first-order chi connectivity index (χ1) is 4.66. The largest absolute Gasteiger partial charge is 0.481 e. The number of rotatable bonds is 4. The molecule has 0 aromatic rings.